The molecule has 0 spiro atoms. The van der Waals surface area contributed by atoms with Crippen LogP contribution < -0.4 is 21.9 Å². The van der Waals surface area contributed by atoms with Crippen LogP contribution in [0, 0.1) is 0 Å². The van der Waals surface area contributed by atoms with Crippen molar-refractivity contribution in [2.24, 2.45) is 0 Å². The van der Waals surface area contributed by atoms with Crippen molar-refractivity contribution in [1.82, 2.24) is 25.3 Å². The van der Waals surface area contributed by atoms with Gasteiger partial charge in [-0.2, -0.15) is 4.98 Å². The lowest BCUT2D eigenvalue weighted by Gasteiger charge is -2.14. The average molecular weight is 512 g/mol. The molecule has 0 aliphatic heterocycles. The zero-order chi connectivity index (χ0) is 26.8. The number of ether oxygens (including phenoxy) is 1. The normalized spacial score (nSPS) is 11.7. The fourth-order valence-corrected chi connectivity index (χ4v) is 3.49. The number of aromatic nitrogens is 4. The minimum absolute atomic E-state index is 0.0154. The van der Waals surface area contributed by atoms with E-state index in [4.69, 9.17) is 10.5 Å². The van der Waals surface area contributed by atoms with Crippen LogP contribution in [0.15, 0.2) is 35.3 Å². The lowest BCUT2D eigenvalue weighted by molar-refractivity contribution is -0.139. The van der Waals surface area contributed by atoms with Gasteiger partial charge in [-0.15, -0.1) is 0 Å². The first-order valence-corrected chi connectivity index (χ1v) is 11.7. The second-order valence-electron chi connectivity index (χ2n) is 8.31. The van der Waals surface area contributed by atoms with Gasteiger partial charge < -0.3 is 26.2 Å². The number of nitrogens with two attached hydrogens (primary N) is 1. The Kier molecular flexibility index (Phi) is 9.61. The Morgan fingerprint density at radius 2 is 1.89 bits per heavy atom. The summed E-state index contributed by atoms with van der Waals surface area (Å²) >= 11 is 0. The van der Waals surface area contributed by atoms with Crippen LogP contribution in [-0.4, -0.2) is 62.5 Å². The number of nitrogen functional groups attached to an aromatic ring is 1. The molecule has 0 fully saturated rings. The van der Waals surface area contributed by atoms with Gasteiger partial charge in [-0.05, 0) is 43.5 Å². The van der Waals surface area contributed by atoms with E-state index in [1.807, 2.05) is 0 Å². The summed E-state index contributed by atoms with van der Waals surface area (Å²) < 4.78 is 4.94. The third-order valence-electron chi connectivity index (χ3n) is 5.48. The molecule has 13 heteroatoms. The highest BCUT2D eigenvalue weighted by Crippen LogP contribution is 2.13. The van der Waals surface area contributed by atoms with E-state index >= 15 is 0 Å². The summed E-state index contributed by atoms with van der Waals surface area (Å²) in [5.41, 5.74) is 6.65. The monoisotopic (exact) mass is 511 g/mol. The molecule has 1 aromatic carbocycles. The molecule has 0 saturated carbocycles. The molecule has 3 rings (SSSR count). The molecular weight excluding hydrogens is 482 g/mol. The molecule has 6 N–H and O–H groups in total. The number of unbranched alkanes of at least 4 members (excludes halogenated alkanes) is 1. The lowest BCUT2D eigenvalue weighted by atomic mass is 10.0. The smallest absolute Gasteiger partial charge is 0.326 e. The number of rotatable bonds is 14. The van der Waals surface area contributed by atoms with Gasteiger partial charge in [-0.3, -0.25) is 19.4 Å². The predicted molar refractivity (Wildman–Crippen MR) is 135 cm³/mol. The standard InChI is InChI=1S/C24H29N7O6/c1-37-11-3-2-4-17(32)9-10-18(23(35)36)29-21(33)14-5-7-15(8-6-14)26-12-16-13-27-20-19(28-16)22(34)31-24(25)30-20/h5-8,13,18,26H,2-4,9-12H2,1H3,(H,29,33)(H,35,36)(H3,25,27,30,31,34). The van der Waals surface area contributed by atoms with Crippen molar-refractivity contribution < 1.29 is 24.2 Å². The molecule has 37 heavy (non-hydrogen) atoms. The quantitative estimate of drug-likeness (QED) is 0.195. The molecule has 2 heterocycles. The first kappa shape index (κ1) is 27.2. The summed E-state index contributed by atoms with van der Waals surface area (Å²) in [6, 6.07) is 5.21. The van der Waals surface area contributed by atoms with Gasteiger partial charge in [-0.1, -0.05) is 0 Å². The minimum atomic E-state index is -1.20. The van der Waals surface area contributed by atoms with Gasteiger partial charge in [0, 0.05) is 37.8 Å². The number of amides is 1. The maximum Gasteiger partial charge on any atom is 0.326 e. The van der Waals surface area contributed by atoms with E-state index in [1.54, 1.807) is 31.4 Å². The summed E-state index contributed by atoms with van der Waals surface area (Å²) in [6.07, 6.45) is 3.34. The van der Waals surface area contributed by atoms with E-state index in [9.17, 15) is 24.3 Å². The van der Waals surface area contributed by atoms with Crippen LogP contribution in [0.25, 0.3) is 11.2 Å². The van der Waals surface area contributed by atoms with Gasteiger partial charge in [0.1, 0.15) is 11.8 Å². The number of methoxy groups -OCH3 is 1. The lowest BCUT2D eigenvalue weighted by Crippen LogP contribution is -2.41. The van der Waals surface area contributed by atoms with Crippen LogP contribution >= 0.6 is 0 Å². The summed E-state index contributed by atoms with van der Waals surface area (Å²) in [5.74, 6) is -1.85. The fourth-order valence-electron chi connectivity index (χ4n) is 3.49. The van der Waals surface area contributed by atoms with Crippen molar-refractivity contribution in [3.8, 4) is 0 Å². The number of fused-ring (bicyclic) bond motifs is 1. The van der Waals surface area contributed by atoms with E-state index in [2.05, 4.69) is 30.6 Å². The molecule has 1 unspecified atom stereocenters. The summed E-state index contributed by atoms with van der Waals surface area (Å²) in [7, 11) is 1.59. The number of nitrogens with one attached hydrogen (secondary N) is 3. The molecule has 0 aliphatic carbocycles. The number of ketones is 1. The molecule has 1 amide bonds. The predicted octanol–water partition coefficient (Wildman–Crippen LogP) is 1.26. The number of carboxylic acids is 1. The van der Waals surface area contributed by atoms with E-state index in [-0.39, 0.29) is 47.8 Å². The molecule has 2 aromatic heterocycles. The van der Waals surface area contributed by atoms with Crippen molar-refractivity contribution in [3.63, 3.8) is 0 Å². The van der Waals surface area contributed by atoms with Gasteiger partial charge in [-0.25, -0.2) is 14.8 Å². The maximum atomic E-state index is 12.6. The molecule has 0 aliphatic rings. The Labute approximate surface area is 211 Å². The van der Waals surface area contributed by atoms with Crippen LogP contribution in [-0.2, 0) is 20.9 Å². The number of carboxylic acid groups (broad SMARTS) is 1. The molecule has 0 bridgehead atoms. The van der Waals surface area contributed by atoms with Crippen LogP contribution in [0.4, 0.5) is 11.6 Å². The van der Waals surface area contributed by atoms with Crippen LogP contribution in [0.2, 0.25) is 0 Å². The molecule has 13 nitrogen and oxygen atoms in total. The number of Topliss-reactive ketones (excluding diaryl/α,β-unsaturated/α-hetero) is 1. The van der Waals surface area contributed by atoms with Crippen molar-refractivity contribution in [1.29, 1.82) is 0 Å². The van der Waals surface area contributed by atoms with E-state index < -0.39 is 23.5 Å². The number of anilines is 2. The Morgan fingerprint density at radius 1 is 1.14 bits per heavy atom. The third kappa shape index (κ3) is 8.07. The van der Waals surface area contributed by atoms with Crippen molar-refractivity contribution >= 4 is 40.5 Å². The van der Waals surface area contributed by atoms with Gasteiger partial charge in [0.25, 0.3) is 11.5 Å². The fraction of sp³-hybridized carbons (Fsp3) is 0.375. The SMILES string of the molecule is COCCCCC(=O)CCC(NC(=O)c1ccc(NCc2cnc3nc(N)[nH]c(=O)c3n2)cc1)C(=O)O. The highest BCUT2D eigenvalue weighted by atomic mass is 16.5. The Bertz CT molecular complexity index is 1310. The first-order chi connectivity index (χ1) is 17.8. The van der Waals surface area contributed by atoms with E-state index in [0.717, 1.165) is 6.42 Å². The minimum Gasteiger partial charge on any atom is -0.480 e. The van der Waals surface area contributed by atoms with Crippen molar-refractivity contribution in [3.05, 3.63) is 52.1 Å². The summed E-state index contributed by atoms with van der Waals surface area (Å²) in [4.78, 5) is 62.8. The second-order valence-corrected chi connectivity index (χ2v) is 8.31. The molecular formula is C24H29N7O6. The first-order valence-electron chi connectivity index (χ1n) is 11.7. The number of aromatic amines is 1. The number of hydrogen-bond acceptors (Lipinski definition) is 10. The number of carbonyl (C=O) groups excluding carboxylic acids is 2. The molecule has 1 atom stereocenters. The number of carbonyl (C=O) groups is 3. The van der Waals surface area contributed by atoms with Crippen LogP contribution in [0.3, 0.4) is 0 Å². The maximum absolute atomic E-state index is 12.6. The highest BCUT2D eigenvalue weighted by Gasteiger charge is 2.21. The van der Waals surface area contributed by atoms with Gasteiger partial charge in [0.15, 0.2) is 11.2 Å². The van der Waals surface area contributed by atoms with E-state index in [1.165, 1.54) is 6.20 Å². The van der Waals surface area contributed by atoms with Gasteiger partial charge in [0.2, 0.25) is 5.95 Å². The molecule has 0 saturated heterocycles. The Morgan fingerprint density at radius 3 is 2.59 bits per heavy atom. The topological polar surface area (TPSA) is 202 Å². The number of benzene rings is 1. The molecule has 3 aromatic rings. The van der Waals surface area contributed by atoms with Crippen LogP contribution in [0.1, 0.15) is 48.2 Å². The van der Waals surface area contributed by atoms with Gasteiger partial charge >= 0.3 is 5.97 Å². The van der Waals surface area contributed by atoms with E-state index in [0.29, 0.717) is 30.8 Å². The average Bonchev–Trinajstić information content (AvgIpc) is 2.88. The number of aliphatic carboxylic acids is 1. The number of H-pyrrole nitrogens is 1. The Hall–Kier alpha value is -4.39. The zero-order valence-electron chi connectivity index (χ0n) is 20.3. The second kappa shape index (κ2) is 13.1. The van der Waals surface area contributed by atoms with Crippen molar-refractivity contribution in [2.45, 2.75) is 44.7 Å². The van der Waals surface area contributed by atoms with Crippen LogP contribution in [0.5, 0.6) is 0 Å². The molecule has 196 valence electrons. The molecule has 0 radical (unpaired) electrons. The largest absolute Gasteiger partial charge is 0.480 e. The van der Waals surface area contributed by atoms with Gasteiger partial charge in [0.05, 0.1) is 18.4 Å². The summed E-state index contributed by atoms with van der Waals surface area (Å²) in [6.45, 7) is 0.820. The number of nitrogens with zero attached hydrogens (tertiary/aromatic N) is 3. The highest BCUT2D eigenvalue weighted by molar-refractivity contribution is 5.97. The number of hydrogen-bond donors (Lipinski definition) is 5. The third-order valence-corrected chi connectivity index (χ3v) is 5.48. The Balaban J connectivity index is 1.52. The zero-order valence-corrected chi connectivity index (χ0v) is 20.3. The van der Waals surface area contributed by atoms with Crippen molar-refractivity contribution in [2.75, 3.05) is 24.8 Å². The summed E-state index contributed by atoms with van der Waals surface area (Å²) in [5, 5.41) is 15.0.